The first-order chi connectivity index (χ1) is 17.8. The van der Waals surface area contributed by atoms with Crippen molar-refractivity contribution in [2.24, 2.45) is 0 Å². The summed E-state index contributed by atoms with van der Waals surface area (Å²) in [5, 5.41) is 2.38. The van der Waals surface area contributed by atoms with E-state index in [0.29, 0.717) is 11.1 Å². The lowest BCUT2D eigenvalue weighted by molar-refractivity contribution is 0.103. The van der Waals surface area contributed by atoms with Crippen molar-refractivity contribution < 1.29 is 4.79 Å². The molecule has 0 atom stereocenters. The number of hydrogen-bond acceptors (Lipinski definition) is 1. The van der Waals surface area contributed by atoms with E-state index in [0.717, 1.165) is 22.4 Å². The fraction of sp³-hybridized carbons (Fsp3) is 0. The van der Waals surface area contributed by atoms with E-state index in [9.17, 15) is 4.79 Å². The summed E-state index contributed by atoms with van der Waals surface area (Å²) in [6, 6.07) is 45.0. The zero-order valence-corrected chi connectivity index (χ0v) is 19.5. The molecule has 0 amide bonds. The van der Waals surface area contributed by atoms with Crippen LogP contribution in [0.25, 0.3) is 44.2 Å². The van der Waals surface area contributed by atoms with E-state index in [1.54, 1.807) is 0 Å². The molecule has 0 saturated carbocycles. The second-order valence-corrected chi connectivity index (χ2v) is 8.98. The van der Waals surface area contributed by atoms with Gasteiger partial charge in [-0.2, -0.15) is 0 Å². The van der Waals surface area contributed by atoms with E-state index in [2.05, 4.69) is 94.1 Å². The Bertz CT molecular complexity index is 1870. The van der Waals surface area contributed by atoms with Gasteiger partial charge in [-0.05, 0) is 48.5 Å². The molecule has 5 aromatic carbocycles. The smallest absolute Gasteiger partial charge is 0.193 e. The lowest BCUT2D eigenvalue weighted by atomic mass is 10.0. The summed E-state index contributed by atoms with van der Waals surface area (Å²) < 4.78 is 4.68. The fourth-order valence-electron chi connectivity index (χ4n) is 5.32. The quantitative estimate of drug-likeness (QED) is 0.244. The number of ketones is 1. The van der Waals surface area contributed by atoms with Gasteiger partial charge in [-0.25, -0.2) is 0 Å². The maximum Gasteiger partial charge on any atom is 0.193 e. The molecule has 2 aromatic heterocycles. The van der Waals surface area contributed by atoms with Gasteiger partial charge in [0.15, 0.2) is 5.78 Å². The van der Waals surface area contributed by atoms with E-state index in [-0.39, 0.29) is 5.78 Å². The van der Waals surface area contributed by atoms with Gasteiger partial charge in [0.2, 0.25) is 0 Å². The highest BCUT2D eigenvalue weighted by molar-refractivity contribution is 6.20. The molecule has 36 heavy (non-hydrogen) atoms. The Morgan fingerprint density at radius 2 is 0.833 bits per heavy atom. The number of carbonyl (C=O) groups is 1. The van der Waals surface area contributed by atoms with Gasteiger partial charge in [-0.15, -0.1) is 0 Å². The van der Waals surface area contributed by atoms with Crippen LogP contribution in [0.15, 0.2) is 133 Å². The summed E-state index contributed by atoms with van der Waals surface area (Å²) in [6.07, 6.45) is 0. The molecule has 0 saturated heterocycles. The Labute approximate surface area is 208 Å². The van der Waals surface area contributed by atoms with Crippen LogP contribution in [0.3, 0.4) is 0 Å². The normalized spacial score (nSPS) is 11.4. The summed E-state index contributed by atoms with van der Waals surface area (Å²) in [6.45, 7) is 0. The molecule has 0 aliphatic heterocycles. The number of hydrogen-bond donors (Lipinski definition) is 0. The predicted molar refractivity (Wildman–Crippen MR) is 147 cm³/mol. The molecule has 0 fully saturated rings. The third kappa shape index (κ3) is 3.03. The van der Waals surface area contributed by atoms with Gasteiger partial charge in [0.05, 0.1) is 22.1 Å². The zero-order valence-electron chi connectivity index (χ0n) is 19.5. The van der Waals surface area contributed by atoms with Crippen molar-refractivity contribution in [1.29, 1.82) is 0 Å². The molecule has 0 N–H and O–H groups in total. The molecule has 170 valence electrons. The SMILES string of the molecule is O=C(c1ccccc1)c1ccc(-n2c3ccccc3c3c2c2ccccc2n3-c2ccccc2)cc1. The molecule has 3 nitrogen and oxygen atoms in total. The maximum atomic E-state index is 13.0. The van der Waals surface area contributed by atoms with Gasteiger partial charge in [-0.1, -0.05) is 84.9 Å². The van der Waals surface area contributed by atoms with Crippen LogP contribution in [0.2, 0.25) is 0 Å². The number of nitrogens with zero attached hydrogens (tertiary/aromatic N) is 2. The van der Waals surface area contributed by atoms with Gasteiger partial charge in [0.25, 0.3) is 0 Å². The van der Waals surface area contributed by atoms with Gasteiger partial charge >= 0.3 is 0 Å². The number of aromatic nitrogens is 2. The van der Waals surface area contributed by atoms with E-state index in [1.807, 2.05) is 48.5 Å². The minimum atomic E-state index is 0.0327. The Morgan fingerprint density at radius 3 is 1.39 bits per heavy atom. The summed E-state index contributed by atoms with van der Waals surface area (Å²) in [4.78, 5) is 13.0. The molecule has 0 radical (unpaired) electrons. The average Bonchev–Trinajstić information content (AvgIpc) is 3.46. The standard InChI is InChI=1S/C33H22N2O/c36-33(23-11-3-1-4-12-23)24-19-21-26(22-20-24)35-30-18-10-8-16-28(30)31-32(35)27-15-7-9-17-29(27)34(31)25-13-5-2-6-14-25/h1-22H. The van der Waals surface area contributed by atoms with Gasteiger partial charge in [0.1, 0.15) is 0 Å². The highest BCUT2D eigenvalue weighted by Crippen LogP contribution is 2.40. The Morgan fingerprint density at radius 1 is 0.417 bits per heavy atom. The first-order valence-corrected chi connectivity index (χ1v) is 12.1. The number of benzene rings is 5. The average molecular weight is 463 g/mol. The van der Waals surface area contributed by atoms with Crippen molar-refractivity contribution in [3.05, 3.63) is 145 Å². The van der Waals surface area contributed by atoms with Gasteiger partial charge in [0, 0.05) is 33.3 Å². The second-order valence-electron chi connectivity index (χ2n) is 8.98. The molecule has 0 bridgehead atoms. The van der Waals surface area contributed by atoms with Crippen LogP contribution >= 0.6 is 0 Å². The molecule has 0 unspecified atom stereocenters. The van der Waals surface area contributed by atoms with Gasteiger partial charge < -0.3 is 9.13 Å². The van der Waals surface area contributed by atoms with Crippen molar-refractivity contribution in [3.63, 3.8) is 0 Å². The lowest BCUT2D eigenvalue weighted by Crippen LogP contribution is -2.01. The first kappa shape index (κ1) is 20.5. The Kier molecular flexibility index (Phi) is 4.61. The minimum absolute atomic E-state index is 0.0327. The molecular weight excluding hydrogens is 440 g/mol. The third-order valence-corrected chi connectivity index (χ3v) is 6.91. The molecule has 3 heteroatoms. The first-order valence-electron chi connectivity index (χ1n) is 12.1. The minimum Gasteiger partial charge on any atom is -0.307 e. The summed E-state index contributed by atoms with van der Waals surface area (Å²) in [5.41, 5.74) is 8.20. The van der Waals surface area contributed by atoms with Crippen molar-refractivity contribution >= 4 is 38.6 Å². The summed E-state index contributed by atoms with van der Waals surface area (Å²) >= 11 is 0. The number of fused-ring (bicyclic) bond motifs is 5. The summed E-state index contributed by atoms with van der Waals surface area (Å²) in [5.74, 6) is 0.0327. The van der Waals surface area contributed by atoms with Crippen LogP contribution in [0.4, 0.5) is 0 Å². The van der Waals surface area contributed by atoms with Crippen molar-refractivity contribution in [3.8, 4) is 11.4 Å². The number of carbonyl (C=O) groups excluding carboxylic acids is 1. The van der Waals surface area contributed by atoms with E-state index >= 15 is 0 Å². The molecule has 0 spiro atoms. The molecular formula is C33H22N2O. The van der Waals surface area contributed by atoms with Crippen molar-refractivity contribution in [1.82, 2.24) is 9.13 Å². The van der Waals surface area contributed by atoms with E-state index < -0.39 is 0 Å². The van der Waals surface area contributed by atoms with Crippen LogP contribution in [0.5, 0.6) is 0 Å². The Balaban J connectivity index is 1.51. The number of para-hydroxylation sites is 3. The van der Waals surface area contributed by atoms with Crippen LogP contribution in [0, 0.1) is 0 Å². The van der Waals surface area contributed by atoms with Crippen LogP contribution in [-0.4, -0.2) is 14.9 Å². The second kappa shape index (κ2) is 8.10. The Hall–Kier alpha value is -4.89. The monoisotopic (exact) mass is 462 g/mol. The zero-order chi connectivity index (χ0) is 24.1. The molecule has 7 rings (SSSR count). The molecule has 7 aromatic rings. The van der Waals surface area contributed by atoms with Crippen molar-refractivity contribution in [2.75, 3.05) is 0 Å². The van der Waals surface area contributed by atoms with Gasteiger partial charge in [-0.3, -0.25) is 4.79 Å². The molecule has 0 aliphatic rings. The van der Waals surface area contributed by atoms with E-state index in [1.165, 1.54) is 21.8 Å². The fourth-order valence-corrected chi connectivity index (χ4v) is 5.32. The lowest BCUT2D eigenvalue weighted by Gasteiger charge is -2.09. The van der Waals surface area contributed by atoms with Crippen molar-refractivity contribution in [2.45, 2.75) is 0 Å². The highest BCUT2D eigenvalue weighted by Gasteiger charge is 2.21. The van der Waals surface area contributed by atoms with E-state index in [4.69, 9.17) is 0 Å². The third-order valence-electron chi connectivity index (χ3n) is 6.91. The maximum absolute atomic E-state index is 13.0. The molecule has 0 aliphatic carbocycles. The largest absolute Gasteiger partial charge is 0.307 e. The summed E-state index contributed by atoms with van der Waals surface area (Å²) in [7, 11) is 0. The number of rotatable bonds is 4. The van der Waals surface area contributed by atoms with Crippen LogP contribution in [0.1, 0.15) is 15.9 Å². The van der Waals surface area contributed by atoms with Crippen LogP contribution in [-0.2, 0) is 0 Å². The predicted octanol–water partition coefficient (Wildman–Crippen LogP) is 7.96. The topological polar surface area (TPSA) is 26.9 Å². The van der Waals surface area contributed by atoms with Crippen LogP contribution < -0.4 is 0 Å². The molecule has 2 heterocycles. The highest BCUT2D eigenvalue weighted by atomic mass is 16.1.